The van der Waals surface area contributed by atoms with Crippen LogP contribution in [0.25, 0.3) is 0 Å². The molecule has 3 rings (SSSR count). The van der Waals surface area contributed by atoms with E-state index in [1.54, 1.807) is 5.56 Å². The van der Waals surface area contributed by atoms with E-state index in [1.165, 1.54) is 43.2 Å². The van der Waals surface area contributed by atoms with Gasteiger partial charge in [-0.2, -0.15) is 0 Å². The molecule has 1 aromatic rings. The van der Waals surface area contributed by atoms with Crippen molar-refractivity contribution in [3.05, 3.63) is 34.9 Å². The summed E-state index contributed by atoms with van der Waals surface area (Å²) in [7, 11) is 0. The molecule has 1 aromatic carbocycles. The molecule has 0 spiro atoms. The highest BCUT2D eigenvalue weighted by atomic mass is 16.1. The minimum absolute atomic E-state index is 0.518. The second kappa shape index (κ2) is 6.98. The molecule has 1 heteroatoms. The number of hydrogen-bond acceptors (Lipinski definition) is 1. The normalized spacial score (nSPS) is 29.5. The van der Waals surface area contributed by atoms with Crippen molar-refractivity contribution >= 4 is 5.78 Å². The van der Waals surface area contributed by atoms with Gasteiger partial charge in [0.25, 0.3) is 0 Å². The molecule has 2 saturated carbocycles. The van der Waals surface area contributed by atoms with Crippen LogP contribution in [0, 0.1) is 18.8 Å². The average molecular weight is 298 g/mol. The molecule has 120 valence electrons. The van der Waals surface area contributed by atoms with Crippen LogP contribution in [-0.4, -0.2) is 5.78 Å². The molecule has 2 aliphatic carbocycles. The number of carbonyl (C=O) groups is 1. The summed E-state index contributed by atoms with van der Waals surface area (Å²) in [6, 6.07) is 7.12. The van der Waals surface area contributed by atoms with E-state index in [9.17, 15) is 4.79 Å². The van der Waals surface area contributed by atoms with Crippen LogP contribution in [0.1, 0.15) is 80.9 Å². The van der Waals surface area contributed by atoms with Crippen LogP contribution in [0.15, 0.2) is 18.2 Å². The van der Waals surface area contributed by atoms with Crippen LogP contribution in [-0.2, 0) is 11.2 Å². The van der Waals surface area contributed by atoms with Crippen molar-refractivity contribution in [3.63, 3.8) is 0 Å². The number of Topliss-reactive ketones (excluding diaryl/α,β-unsaturated/α-hetero) is 1. The van der Waals surface area contributed by atoms with Gasteiger partial charge in [-0.05, 0) is 86.3 Å². The van der Waals surface area contributed by atoms with Gasteiger partial charge < -0.3 is 0 Å². The summed E-state index contributed by atoms with van der Waals surface area (Å²) >= 11 is 0. The molecule has 0 aromatic heterocycles. The number of carbonyl (C=O) groups excluding carboxylic acids is 1. The third-order valence-corrected chi connectivity index (χ3v) is 6.18. The Morgan fingerprint density at radius 2 is 1.82 bits per heavy atom. The van der Waals surface area contributed by atoms with Crippen molar-refractivity contribution in [1.29, 1.82) is 0 Å². The van der Waals surface area contributed by atoms with Gasteiger partial charge in [-0.3, -0.25) is 4.79 Å². The first-order chi connectivity index (χ1) is 10.7. The fraction of sp³-hybridized carbons (Fsp3) is 0.667. The predicted octanol–water partition coefficient (Wildman–Crippen LogP) is 5.59. The van der Waals surface area contributed by atoms with Crippen LogP contribution < -0.4 is 0 Å². The predicted molar refractivity (Wildman–Crippen MR) is 92.2 cm³/mol. The lowest BCUT2D eigenvalue weighted by atomic mass is 9.69. The SMILES string of the molecule is CCc1ccc(C2CCC(C3CCCC(=O)C3)CC2)cc1C. The number of benzene rings is 1. The van der Waals surface area contributed by atoms with Gasteiger partial charge >= 0.3 is 0 Å². The maximum absolute atomic E-state index is 11.7. The van der Waals surface area contributed by atoms with E-state index in [0.717, 1.165) is 37.5 Å². The fourth-order valence-corrected chi connectivity index (χ4v) is 4.75. The molecule has 0 saturated heterocycles. The fourth-order valence-electron chi connectivity index (χ4n) is 4.75. The molecule has 1 atom stereocenters. The first-order valence-corrected chi connectivity index (χ1v) is 9.28. The molecule has 0 N–H and O–H groups in total. The van der Waals surface area contributed by atoms with E-state index < -0.39 is 0 Å². The molecule has 0 heterocycles. The van der Waals surface area contributed by atoms with E-state index >= 15 is 0 Å². The van der Waals surface area contributed by atoms with Gasteiger partial charge in [0.05, 0.1) is 0 Å². The second-order valence-electron chi connectivity index (χ2n) is 7.55. The van der Waals surface area contributed by atoms with Crippen LogP contribution in [0.4, 0.5) is 0 Å². The van der Waals surface area contributed by atoms with Crippen LogP contribution in [0.2, 0.25) is 0 Å². The Morgan fingerprint density at radius 1 is 1.05 bits per heavy atom. The summed E-state index contributed by atoms with van der Waals surface area (Å²) in [5.74, 6) is 2.78. The van der Waals surface area contributed by atoms with E-state index in [4.69, 9.17) is 0 Å². The van der Waals surface area contributed by atoms with Gasteiger partial charge in [0.15, 0.2) is 0 Å². The number of ketones is 1. The highest BCUT2D eigenvalue weighted by Crippen LogP contribution is 2.42. The molecule has 0 radical (unpaired) electrons. The Balaban J connectivity index is 1.59. The summed E-state index contributed by atoms with van der Waals surface area (Å²) in [6.07, 6.45) is 10.6. The van der Waals surface area contributed by atoms with Gasteiger partial charge in [-0.15, -0.1) is 0 Å². The number of rotatable bonds is 3. The topological polar surface area (TPSA) is 17.1 Å². The third-order valence-electron chi connectivity index (χ3n) is 6.18. The van der Waals surface area contributed by atoms with Crippen molar-refractivity contribution in [1.82, 2.24) is 0 Å². The first-order valence-electron chi connectivity index (χ1n) is 9.28. The van der Waals surface area contributed by atoms with Gasteiger partial charge in [0.1, 0.15) is 5.78 Å². The minimum atomic E-state index is 0.518. The standard InChI is InChI=1S/C21H30O/c1-3-16-7-12-20(13-15(16)2)18-10-8-17(9-11-18)19-5-4-6-21(22)14-19/h7,12-13,17-19H,3-6,8-11,14H2,1-2H3. The molecule has 2 aliphatic rings. The van der Waals surface area contributed by atoms with Crippen molar-refractivity contribution < 1.29 is 4.79 Å². The molecule has 0 amide bonds. The Morgan fingerprint density at radius 3 is 2.45 bits per heavy atom. The van der Waals surface area contributed by atoms with Gasteiger partial charge in [-0.25, -0.2) is 0 Å². The zero-order valence-electron chi connectivity index (χ0n) is 14.2. The quantitative estimate of drug-likeness (QED) is 0.711. The van der Waals surface area contributed by atoms with E-state index in [-0.39, 0.29) is 0 Å². The average Bonchev–Trinajstić information content (AvgIpc) is 2.55. The molecule has 0 aliphatic heterocycles. The van der Waals surface area contributed by atoms with E-state index in [2.05, 4.69) is 32.0 Å². The Bertz CT molecular complexity index is 523. The van der Waals surface area contributed by atoms with Crippen molar-refractivity contribution in [2.45, 2.75) is 77.6 Å². The maximum Gasteiger partial charge on any atom is 0.133 e. The molecule has 2 fully saturated rings. The summed E-state index contributed by atoms with van der Waals surface area (Å²) in [6.45, 7) is 4.49. The van der Waals surface area contributed by atoms with E-state index in [0.29, 0.717) is 11.7 Å². The molecule has 0 bridgehead atoms. The lowest BCUT2D eigenvalue weighted by Gasteiger charge is -2.35. The molecular weight excluding hydrogens is 268 g/mol. The Hall–Kier alpha value is -1.11. The first kappa shape index (κ1) is 15.8. The van der Waals surface area contributed by atoms with Crippen molar-refractivity contribution in [3.8, 4) is 0 Å². The molecule has 1 unspecified atom stereocenters. The zero-order chi connectivity index (χ0) is 15.5. The lowest BCUT2D eigenvalue weighted by Crippen LogP contribution is -2.26. The van der Waals surface area contributed by atoms with Crippen molar-refractivity contribution in [2.75, 3.05) is 0 Å². The zero-order valence-corrected chi connectivity index (χ0v) is 14.2. The largest absolute Gasteiger partial charge is 0.300 e. The minimum Gasteiger partial charge on any atom is -0.300 e. The van der Waals surface area contributed by atoms with Gasteiger partial charge in [-0.1, -0.05) is 25.1 Å². The summed E-state index contributed by atoms with van der Waals surface area (Å²) in [5.41, 5.74) is 4.49. The van der Waals surface area contributed by atoms with Crippen molar-refractivity contribution in [2.24, 2.45) is 11.8 Å². The smallest absolute Gasteiger partial charge is 0.133 e. The van der Waals surface area contributed by atoms with Gasteiger partial charge in [0.2, 0.25) is 0 Å². The van der Waals surface area contributed by atoms with Gasteiger partial charge in [0, 0.05) is 12.8 Å². The lowest BCUT2D eigenvalue weighted by molar-refractivity contribution is -0.122. The van der Waals surface area contributed by atoms with Crippen LogP contribution in [0.5, 0.6) is 0 Å². The Labute approximate surface area is 135 Å². The molecule has 22 heavy (non-hydrogen) atoms. The maximum atomic E-state index is 11.7. The van der Waals surface area contributed by atoms with Crippen LogP contribution in [0.3, 0.4) is 0 Å². The molecule has 1 nitrogen and oxygen atoms in total. The highest BCUT2D eigenvalue weighted by molar-refractivity contribution is 5.79. The third kappa shape index (κ3) is 3.45. The molecular formula is C21H30O. The highest BCUT2D eigenvalue weighted by Gasteiger charge is 2.31. The van der Waals surface area contributed by atoms with Crippen LogP contribution >= 0.6 is 0 Å². The Kier molecular flexibility index (Phi) is 5.00. The van der Waals surface area contributed by atoms with E-state index in [1.807, 2.05) is 0 Å². The monoisotopic (exact) mass is 298 g/mol. The number of hydrogen-bond donors (Lipinski definition) is 0. The number of aryl methyl sites for hydroxylation is 2. The summed E-state index contributed by atoms with van der Waals surface area (Å²) < 4.78 is 0. The summed E-state index contributed by atoms with van der Waals surface area (Å²) in [4.78, 5) is 11.7. The second-order valence-corrected chi connectivity index (χ2v) is 7.55. The summed E-state index contributed by atoms with van der Waals surface area (Å²) in [5, 5.41) is 0.